The van der Waals surface area contributed by atoms with Crippen LogP contribution in [-0.4, -0.2) is 199 Å². The van der Waals surface area contributed by atoms with Crippen molar-refractivity contribution in [3.63, 3.8) is 0 Å². The number of aromatic amines is 1. The molecule has 31 nitrogen and oxygen atoms in total. The minimum Gasteiger partial charge on any atom is -0.508 e. The van der Waals surface area contributed by atoms with E-state index in [2.05, 4.69) is 62.8 Å². The third kappa shape index (κ3) is 21.9. The second-order valence-electron chi connectivity index (χ2n) is 18.5. The SMILES string of the molecule is CC[C@H](C)[C@H](NC(=O)[C@H](Cc1ccc(O)cc1)NC(=O)[C@H](CO)NC(=O)[C@@H](NC(=O)[C@H](CCCN=C(N)N)NC(=O)[C@H](CO)NC(=O)[C@H](CO)NC(=O)[C@H](C)NC(=O)[C@@H](N)CO)C(C)C)C(=O)N[C@@H](Cc1cnc[nH]1)C(=O)O. The van der Waals surface area contributed by atoms with Gasteiger partial charge in [-0.05, 0) is 49.3 Å². The molecule has 434 valence electrons. The van der Waals surface area contributed by atoms with Crippen LogP contribution in [0, 0.1) is 11.8 Å². The van der Waals surface area contributed by atoms with Crippen LogP contribution in [0.1, 0.15) is 65.1 Å². The summed E-state index contributed by atoms with van der Waals surface area (Å²) >= 11 is 0. The third-order valence-corrected chi connectivity index (χ3v) is 12.0. The molecule has 0 saturated heterocycles. The zero-order chi connectivity index (χ0) is 58.8. The summed E-state index contributed by atoms with van der Waals surface area (Å²) in [5.41, 5.74) is 17.1. The summed E-state index contributed by atoms with van der Waals surface area (Å²) in [5.74, 6) is -12.3. The highest BCUT2D eigenvalue weighted by Gasteiger charge is 2.37. The molecule has 22 N–H and O–H groups in total. The summed E-state index contributed by atoms with van der Waals surface area (Å²) < 4.78 is 0. The smallest absolute Gasteiger partial charge is 0.326 e. The van der Waals surface area contributed by atoms with Crippen molar-refractivity contribution in [3.8, 4) is 5.75 Å². The van der Waals surface area contributed by atoms with E-state index in [9.17, 15) is 73.5 Å². The lowest BCUT2D eigenvalue weighted by molar-refractivity contribution is -0.142. The molecule has 2 aromatic rings. The van der Waals surface area contributed by atoms with Crippen LogP contribution >= 0.6 is 0 Å². The molecule has 9 amide bonds. The van der Waals surface area contributed by atoms with E-state index in [1.54, 1.807) is 13.8 Å². The Labute approximate surface area is 448 Å². The van der Waals surface area contributed by atoms with Gasteiger partial charge in [0.2, 0.25) is 53.2 Å². The van der Waals surface area contributed by atoms with Gasteiger partial charge in [0.1, 0.15) is 66.2 Å². The van der Waals surface area contributed by atoms with E-state index in [0.717, 1.165) is 0 Å². The number of aliphatic hydroxyl groups is 4. The number of aliphatic carboxylic acids is 1. The molecule has 0 aliphatic rings. The van der Waals surface area contributed by atoms with Gasteiger partial charge in [0.15, 0.2) is 5.96 Å². The molecule has 0 radical (unpaired) electrons. The number of carbonyl (C=O) groups is 10. The number of aromatic nitrogens is 2. The highest BCUT2D eigenvalue weighted by Crippen LogP contribution is 2.15. The van der Waals surface area contributed by atoms with Crippen LogP contribution in [-0.2, 0) is 60.8 Å². The van der Waals surface area contributed by atoms with Gasteiger partial charge in [0.05, 0.1) is 32.8 Å². The monoisotopic (exact) mass is 1110 g/mol. The minimum absolute atomic E-state index is 0.0325. The number of phenolic OH excluding ortho intramolecular Hbond substituents is 1. The van der Waals surface area contributed by atoms with Gasteiger partial charge < -0.3 is 101 Å². The number of nitrogens with one attached hydrogen (secondary N) is 10. The second-order valence-corrected chi connectivity index (χ2v) is 18.5. The maximum atomic E-state index is 14.1. The number of carboxylic acids is 1. The summed E-state index contributed by atoms with van der Waals surface area (Å²) in [4.78, 5) is 144. The number of hydrogen-bond donors (Lipinski definition) is 19. The maximum absolute atomic E-state index is 14.1. The Morgan fingerprint density at radius 2 is 1.06 bits per heavy atom. The molecule has 1 aromatic heterocycles. The zero-order valence-electron chi connectivity index (χ0n) is 43.9. The Balaban J connectivity index is 2.35. The van der Waals surface area contributed by atoms with Crippen molar-refractivity contribution in [2.75, 3.05) is 33.0 Å². The normalized spacial score (nSPS) is 15.3. The van der Waals surface area contributed by atoms with E-state index >= 15 is 0 Å². The first-order chi connectivity index (χ1) is 36.8. The number of aliphatic imine (C=N–C) groups is 1. The summed E-state index contributed by atoms with van der Waals surface area (Å²) in [7, 11) is 0. The number of amides is 9. The van der Waals surface area contributed by atoms with Gasteiger partial charge in [0, 0.05) is 31.3 Å². The van der Waals surface area contributed by atoms with Crippen molar-refractivity contribution in [1.29, 1.82) is 0 Å². The standard InChI is InChI=1S/C47H75N15O16/c1-6-23(4)36(45(76)57-31(46(77)78)15-26-16-51-21-53-26)62-40(71)30(14-25-9-11-27(67)12-10-25)56-42(73)34(20-66)60-44(75)35(22(2)3)61-39(70)29(8-7-13-52-47(49)50)55-41(72)33(19-65)59-43(74)32(18-64)58-37(68)24(5)54-38(69)28(48)17-63/h9-12,16,21-24,28-36,63-67H,6-8,13-15,17-20,48H2,1-5H3,(H,51,53)(H,54,69)(H,55,72)(H,56,73)(H,57,76)(H,58,68)(H,59,74)(H,60,75)(H,61,70)(H,62,71)(H,77,78)(H4,49,50,52)/t23-,24-,28-,29-,30-,31-,32-,33-,34-,35-,36-/m0/s1. The first-order valence-corrected chi connectivity index (χ1v) is 24.8. The molecule has 31 heteroatoms. The van der Waals surface area contributed by atoms with E-state index in [-0.39, 0.29) is 43.9 Å². The molecule has 1 aromatic carbocycles. The van der Waals surface area contributed by atoms with Crippen molar-refractivity contribution < 1.29 is 78.6 Å². The fourth-order valence-corrected chi connectivity index (χ4v) is 7.10. The van der Waals surface area contributed by atoms with Gasteiger partial charge in [0.25, 0.3) is 0 Å². The van der Waals surface area contributed by atoms with Crippen LogP contribution in [0.15, 0.2) is 41.8 Å². The van der Waals surface area contributed by atoms with E-state index in [4.69, 9.17) is 22.3 Å². The first-order valence-electron chi connectivity index (χ1n) is 24.8. The van der Waals surface area contributed by atoms with Gasteiger partial charge in [-0.25, -0.2) is 9.78 Å². The number of hydrogen-bond acceptors (Lipinski definition) is 18. The van der Waals surface area contributed by atoms with Crippen LogP contribution in [0.3, 0.4) is 0 Å². The van der Waals surface area contributed by atoms with Crippen molar-refractivity contribution in [2.24, 2.45) is 34.0 Å². The number of phenols is 1. The number of nitrogens with two attached hydrogens (primary N) is 3. The molecular formula is C47H75N15O16. The third-order valence-electron chi connectivity index (χ3n) is 12.0. The lowest BCUT2D eigenvalue weighted by Crippen LogP contribution is -2.62. The van der Waals surface area contributed by atoms with E-state index < -0.39 is 158 Å². The molecule has 0 unspecified atom stereocenters. The molecule has 78 heavy (non-hydrogen) atoms. The summed E-state index contributed by atoms with van der Waals surface area (Å²) in [6.45, 7) is 3.65. The van der Waals surface area contributed by atoms with Crippen LogP contribution in [0.2, 0.25) is 0 Å². The van der Waals surface area contributed by atoms with Crippen molar-refractivity contribution >= 4 is 65.1 Å². The van der Waals surface area contributed by atoms with Crippen LogP contribution in [0.5, 0.6) is 5.75 Å². The van der Waals surface area contributed by atoms with Gasteiger partial charge in [-0.3, -0.25) is 48.1 Å². The number of carboxylic acid groups (broad SMARTS) is 1. The zero-order valence-corrected chi connectivity index (χ0v) is 43.9. The molecule has 0 saturated carbocycles. The number of guanidine groups is 1. The number of aromatic hydroxyl groups is 1. The molecule has 2 rings (SSSR count). The van der Waals surface area contributed by atoms with Gasteiger partial charge in [-0.2, -0.15) is 0 Å². The molecule has 0 aliphatic carbocycles. The molecular weight excluding hydrogens is 1030 g/mol. The number of carbonyl (C=O) groups excluding carboxylic acids is 9. The predicted octanol–water partition coefficient (Wildman–Crippen LogP) is -7.58. The summed E-state index contributed by atoms with van der Waals surface area (Å²) in [6, 6.07) is -9.83. The fraction of sp³-hybridized carbons (Fsp3) is 0.574. The average molecular weight is 1110 g/mol. The quantitative estimate of drug-likeness (QED) is 0.0176. The Bertz CT molecular complexity index is 2350. The summed E-state index contributed by atoms with van der Waals surface area (Å²) in [5, 5.41) is 80.6. The Kier molecular flexibility index (Phi) is 28.2. The number of H-pyrrole nitrogens is 1. The number of imidazole rings is 1. The minimum atomic E-state index is -1.82. The summed E-state index contributed by atoms with van der Waals surface area (Å²) in [6.07, 6.45) is 2.42. The number of nitrogens with zero attached hydrogens (tertiary/aromatic N) is 2. The highest BCUT2D eigenvalue weighted by atomic mass is 16.4. The topological polar surface area (TPSA) is 519 Å². The van der Waals surface area contributed by atoms with Crippen LogP contribution < -0.4 is 65.1 Å². The average Bonchev–Trinajstić information content (AvgIpc) is 3.92. The Hall–Kier alpha value is -8.00. The number of rotatable bonds is 34. The van der Waals surface area contributed by atoms with Gasteiger partial charge in [-0.15, -0.1) is 0 Å². The lowest BCUT2D eigenvalue weighted by atomic mass is 9.96. The first kappa shape index (κ1) is 66.1. The Morgan fingerprint density at radius 1 is 0.590 bits per heavy atom. The van der Waals surface area contributed by atoms with Crippen molar-refractivity contribution in [2.45, 2.75) is 127 Å². The molecule has 1 heterocycles. The molecule has 0 aliphatic heterocycles. The number of aliphatic hydroxyl groups excluding tert-OH is 4. The lowest BCUT2D eigenvalue weighted by Gasteiger charge is -2.29. The van der Waals surface area contributed by atoms with Crippen LogP contribution in [0.25, 0.3) is 0 Å². The molecule has 0 fully saturated rings. The fourth-order valence-electron chi connectivity index (χ4n) is 7.10. The maximum Gasteiger partial charge on any atom is 0.326 e. The molecule has 11 atom stereocenters. The second kappa shape index (κ2) is 33.2. The predicted molar refractivity (Wildman–Crippen MR) is 275 cm³/mol. The van der Waals surface area contributed by atoms with Crippen LogP contribution in [0.4, 0.5) is 0 Å². The van der Waals surface area contributed by atoms with Crippen molar-refractivity contribution in [1.82, 2.24) is 57.8 Å². The Morgan fingerprint density at radius 3 is 1.55 bits per heavy atom. The number of benzene rings is 1. The van der Waals surface area contributed by atoms with E-state index in [1.807, 2.05) is 0 Å². The van der Waals surface area contributed by atoms with Crippen molar-refractivity contribution in [3.05, 3.63) is 48.0 Å². The molecule has 0 bridgehead atoms. The van der Waals surface area contributed by atoms with Gasteiger partial charge >= 0.3 is 5.97 Å². The molecule has 0 spiro atoms. The van der Waals surface area contributed by atoms with E-state index in [1.165, 1.54) is 57.6 Å². The highest BCUT2D eigenvalue weighted by molar-refractivity contribution is 5.98. The van der Waals surface area contributed by atoms with Gasteiger partial charge in [-0.1, -0.05) is 46.2 Å². The largest absolute Gasteiger partial charge is 0.508 e. The van der Waals surface area contributed by atoms with E-state index in [0.29, 0.717) is 17.7 Å².